The molecule has 2 aromatic carbocycles. The first kappa shape index (κ1) is 21.6. The van der Waals surface area contributed by atoms with Crippen molar-refractivity contribution < 1.29 is 14.3 Å². The summed E-state index contributed by atoms with van der Waals surface area (Å²) in [5, 5.41) is 3.30. The van der Waals surface area contributed by atoms with E-state index >= 15 is 0 Å². The van der Waals surface area contributed by atoms with Crippen molar-refractivity contribution in [2.75, 3.05) is 4.90 Å². The lowest BCUT2D eigenvalue weighted by molar-refractivity contribution is 0.0930. The molecule has 7 nitrogen and oxygen atoms in total. The molecule has 0 unspecified atom stereocenters. The zero-order valence-corrected chi connectivity index (χ0v) is 18.7. The van der Waals surface area contributed by atoms with E-state index in [9.17, 15) is 9.59 Å². The maximum atomic E-state index is 13.8. The van der Waals surface area contributed by atoms with Gasteiger partial charge in [0.05, 0.1) is 23.4 Å². The Bertz CT molecular complexity index is 1380. The SMILES string of the molecule is O=C(NCc1cccnc1)c1cnccc1C(=O)N1Cc2ccccc2Oc2ccc(Cl)cc21. The first-order chi connectivity index (χ1) is 16.6. The molecule has 1 aliphatic heterocycles. The van der Waals surface area contributed by atoms with Gasteiger partial charge in [0, 0.05) is 41.9 Å². The Morgan fingerprint density at radius 2 is 1.79 bits per heavy atom. The van der Waals surface area contributed by atoms with Crippen LogP contribution in [-0.4, -0.2) is 21.8 Å². The molecule has 0 bridgehead atoms. The molecule has 5 rings (SSSR count). The van der Waals surface area contributed by atoms with Crippen LogP contribution in [0.2, 0.25) is 5.02 Å². The van der Waals surface area contributed by atoms with E-state index in [2.05, 4.69) is 15.3 Å². The average Bonchev–Trinajstić information content (AvgIpc) is 3.04. The Morgan fingerprint density at radius 1 is 0.941 bits per heavy atom. The van der Waals surface area contributed by atoms with E-state index in [0.29, 0.717) is 22.2 Å². The summed E-state index contributed by atoms with van der Waals surface area (Å²) in [5.74, 6) is 0.390. The average molecular weight is 471 g/mol. The monoisotopic (exact) mass is 470 g/mol. The summed E-state index contributed by atoms with van der Waals surface area (Å²) < 4.78 is 6.09. The van der Waals surface area contributed by atoms with E-state index in [1.807, 2.05) is 30.3 Å². The van der Waals surface area contributed by atoms with Crippen LogP contribution in [0.5, 0.6) is 11.5 Å². The van der Waals surface area contributed by atoms with E-state index < -0.39 is 5.91 Å². The van der Waals surface area contributed by atoms with Gasteiger partial charge in [-0.1, -0.05) is 35.9 Å². The number of aromatic nitrogens is 2. The molecule has 0 saturated carbocycles. The summed E-state index contributed by atoms with van der Waals surface area (Å²) in [5.41, 5.74) is 2.60. The maximum Gasteiger partial charge on any atom is 0.259 e. The van der Waals surface area contributed by atoms with Crippen LogP contribution >= 0.6 is 11.6 Å². The van der Waals surface area contributed by atoms with Crippen LogP contribution in [0.4, 0.5) is 5.69 Å². The van der Waals surface area contributed by atoms with E-state index in [1.54, 1.807) is 47.6 Å². The second kappa shape index (κ2) is 9.33. The number of ether oxygens (including phenoxy) is 1. The third-order valence-corrected chi connectivity index (χ3v) is 5.68. The van der Waals surface area contributed by atoms with Crippen molar-refractivity contribution in [3.63, 3.8) is 0 Å². The molecule has 8 heteroatoms. The number of pyridine rings is 2. The minimum absolute atomic E-state index is 0.179. The molecule has 168 valence electrons. The number of benzene rings is 2. The van der Waals surface area contributed by atoms with Gasteiger partial charge in [0.15, 0.2) is 5.75 Å². The number of fused-ring (bicyclic) bond motifs is 2. The minimum Gasteiger partial charge on any atom is -0.455 e. The second-order valence-electron chi connectivity index (χ2n) is 7.68. The van der Waals surface area contributed by atoms with Crippen molar-refractivity contribution in [1.82, 2.24) is 15.3 Å². The highest BCUT2D eigenvalue weighted by Gasteiger charge is 2.29. The molecular formula is C26H19ClN4O3. The van der Waals surface area contributed by atoms with Gasteiger partial charge in [0.1, 0.15) is 5.75 Å². The molecule has 0 fully saturated rings. The van der Waals surface area contributed by atoms with Crippen LogP contribution in [0.3, 0.4) is 0 Å². The van der Waals surface area contributed by atoms with E-state index in [4.69, 9.17) is 16.3 Å². The van der Waals surface area contributed by atoms with Gasteiger partial charge in [0.25, 0.3) is 11.8 Å². The Morgan fingerprint density at radius 3 is 2.65 bits per heavy atom. The molecule has 0 spiro atoms. The Kier molecular flexibility index (Phi) is 5.93. The van der Waals surface area contributed by atoms with Gasteiger partial charge >= 0.3 is 0 Å². The zero-order valence-electron chi connectivity index (χ0n) is 17.9. The highest BCUT2D eigenvalue weighted by atomic mass is 35.5. The predicted octanol–water partition coefficient (Wildman–Crippen LogP) is 5.01. The molecule has 2 aromatic heterocycles. The molecule has 1 N–H and O–H groups in total. The molecule has 1 aliphatic rings. The number of nitrogens with zero attached hydrogens (tertiary/aromatic N) is 3. The molecule has 0 saturated heterocycles. The fourth-order valence-corrected chi connectivity index (χ4v) is 3.93. The van der Waals surface area contributed by atoms with Crippen LogP contribution in [0, 0.1) is 0 Å². The third-order valence-electron chi connectivity index (χ3n) is 5.45. The summed E-state index contributed by atoms with van der Waals surface area (Å²) in [6.45, 7) is 0.528. The Balaban J connectivity index is 1.50. The van der Waals surface area contributed by atoms with Gasteiger partial charge in [-0.05, 0) is 42.0 Å². The van der Waals surface area contributed by atoms with Gasteiger partial charge in [-0.25, -0.2) is 0 Å². The predicted molar refractivity (Wildman–Crippen MR) is 128 cm³/mol. The van der Waals surface area contributed by atoms with Crippen LogP contribution in [-0.2, 0) is 13.1 Å². The number of hydrogen-bond acceptors (Lipinski definition) is 5. The van der Waals surface area contributed by atoms with Crippen molar-refractivity contribution in [2.24, 2.45) is 0 Å². The number of anilines is 1. The van der Waals surface area contributed by atoms with Crippen LogP contribution in [0.1, 0.15) is 31.8 Å². The molecule has 0 radical (unpaired) electrons. The van der Waals surface area contributed by atoms with Crippen LogP contribution < -0.4 is 15.0 Å². The lowest BCUT2D eigenvalue weighted by atomic mass is 10.1. The lowest BCUT2D eigenvalue weighted by Crippen LogP contribution is -2.33. The first-order valence-electron chi connectivity index (χ1n) is 10.6. The molecule has 34 heavy (non-hydrogen) atoms. The normalized spacial score (nSPS) is 12.1. The first-order valence-corrected chi connectivity index (χ1v) is 11.0. The fraction of sp³-hybridized carbons (Fsp3) is 0.0769. The molecule has 0 aliphatic carbocycles. The number of halogens is 1. The number of nitrogens with one attached hydrogen (secondary N) is 1. The largest absolute Gasteiger partial charge is 0.455 e. The highest BCUT2D eigenvalue weighted by Crippen LogP contribution is 2.41. The van der Waals surface area contributed by atoms with Gasteiger partial charge in [0.2, 0.25) is 0 Å². The molecule has 0 atom stereocenters. The van der Waals surface area contributed by atoms with Crippen molar-refractivity contribution in [3.8, 4) is 11.5 Å². The van der Waals surface area contributed by atoms with Crippen molar-refractivity contribution in [3.05, 3.63) is 113 Å². The topological polar surface area (TPSA) is 84.4 Å². The van der Waals surface area contributed by atoms with Crippen LogP contribution in [0.15, 0.2) is 85.5 Å². The molecular weight excluding hydrogens is 452 g/mol. The highest BCUT2D eigenvalue weighted by molar-refractivity contribution is 6.31. The number of hydrogen-bond donors (Lipinski definition) is 1. The van der Waals surface area contributed by atoms with Crippen molar-refractivity contribution >= 4 is 29.1 Å². The van der Waals surface area contributed by atoms with Gasteiger partial charge in [-0.2, -0.15) is 0 Å². The fourth-order valence-electron chi connectivity index (χ4n) is 3.76. The van der Waals surface area contributed by atoms with E-state index in [0.717, 1.165) is 11.1 Å². The second-order valence-corrected chi connectivity index (χ2v) is 8.11. The number of rotatable bonds is 4. The Labute approximate surface area is 201 Å². The smallest absolute Gasteiger partial charge is 0.259 e. The third kappa shape index (κ3) is 4.33. The summed E-state index contributed by atoms with van der Waals surface area (Å²) in [7, 11) is 0. The summed E-state index contributed by atoms with van der Waals surface area (Å²) >= 11 is 6.27. The minimum atomic E-state index is -0.405. The summed E-state index contributed by atoms with van der Waals surface area (Å²) in [6.07, 6.45) is 6.22. The van der Waals surface area contributed by atoms with Gasteiger partial charge < -0.3 is 15.0 Å². The molecule has 2 amide bonds. The van der Waals surface area contributed by atoms with Crippen molar-refractivity contribution in [2.45, 2.75) is 13.1 Å². The van der Waals surface area contributed by atoms with Gasteiger partial charge in [-0.3, -0.25) is 19.6 Å². The zero-order chi connectivity index (χ0) is 23.5. The summed E-state index contributed by atoms with van der Waals surface area (Å²) in [4.78, 5) is 36.5. The summed E-state index contributed by atoms with van der Waals surface area (Å²) in [6, 6.07) is 17.8. The maximum absolute atomic E-state index is 13.8. The lowest BCUT2D eigenvalue weighted by Gasteiger charge is -2.23. The number of carbonyl (C=O) groups excluding carboxylic acids is 2. The number of amides is 2. The molecule has 4 aromatic rings. The van der Waals surface area contributed by atoms with E-state index in [1.165, 1.54) is 12.4 Å². The van der Waals surface area contributed by atoms with Gasteiger partial charge in [-0.15, -0.1) is 0 Å². The van der Waals surface area contributed by atoms with Crippen LogP contribution in [0.25, 0.3) is 0 Å². The standard InChI is InChI=1S/C26H19ClN4O3/c27-19-7-8-24-22(12-19)31(16-18-5-1-2-6-23(18)34-24)26(33)20-9-11-29-15-21(20)25(32)30-14-17-4-3-10-28-13-17/h1-13,15H,14,16H2,(H,30,32). The van der Waals surface area contributed by atoms with Crippen molar-refractivity contribution in [1.29, 1.82) is 0 Å². The number of para-hydroxylation sites is 1. The quantitative estimate of drug-likeness (QED) is 0.453. The molecule has 3 heterocycles. The van der Waals surface area contributed by atoms with E-state index in [-0.39, 0.29) is 30.1 Å². The Hall–Kier alpha value is -4.23. The number of carbonyl (C=O) groups is 2.